The van der Waals surface area contributed by atoms with Gasteiger partial charge in [0.1, 0.15) is 0 Å². The maximum absolute atomic E-state index is 9.29. The zero-order chi connectivity index (χ0) is 11.5. The van der Waals surface area contributed by atoms with E-state index >= 15 is 0 Å². The summed E-state index contributed by atoms with van der Waals surface area (Å²) in [5.74, 6) is 0. The van der Waals surface area contributed by atoms with Gasteiger partial charge in [0.05, 0.1) is 12.3 Å². The molecule has 2 rings (SSSR count). The van der Waals surface area contributed by atoms with Crippen molar-refractivity contribution in [2.75, 3.05) is 5.73 Å². The highest BCUT2D eigenvalue weighted by atomic mass is 32.1. The summed E-state index contributed by atoms with van der Waals surface area (Å²) in [6.07, 6.45) is 0.907. The minimum absolute atomic E-state index is 0.0246. The van der Waals surface area contributed by atoms with Crippen molar-refractivity contribution >= 4 is 16.5 Å². The molecule has 3 nitrogen and oxygen atoms in total. The Hall–Kier alpha value is -1.39. The smallest absolute Gasteiger partial charge is 0.180 e. The summed E-state index contributed by atoms with van der Waals surface area (Å²) >= 11 is 1.51. The lowest BCUT2D eigenvalue weighted by Gasteiger charge is -2.05. The van der Waals surface area contributed by atoms with Gasteiger partial charge in [-0.1, -0.05) is 31.2 Å². The van der Waals surface area contributed by atoms with E-state index in [9.17, 15) is 5.11 Å². The largest absolute Gasteiger partial charge is 0.392 e. The first kappa shape index (κ1) is 11.1. The van der Waals surface area contributed by atoms with Crippen LogP contribution in [0, 0.1) is 0 Å². The monoisotopic (exact) mass is 234 g/mol. The Labute approximate surface area is 98.6 Å². The van der Waals surface area contributed by atoms with Crippen LogP contribution >= 0.6 is 11.3 Å². The van der Waals surface area contributed by atoms with Gasteiger partial charge in [-0.2, -0.15) is 0 Å². The summed E-state index contributed by atoms with van der Waals surface area (Å²) < 4.78 is 0. The molecule has 0 radical (unpaired) electrons. The second kappa shape index (κ2) is 4.63. The molecule has 1 heterocycles. The number of nitrogen functional groups attached to an aromatic ring is 1. The molecule has 0 saturated carbocycles. The van der Waals surface area contributed by atoms with Crippen molar-refractivity contribution in [2.24, 2.45) is 0 Å². The standard InChI is InChI=1S/C12H14N2OS/c1-2-10-11(14-12(13)16-10)9-6-4-3-5-8(9)7-15/h3-6,15H,2,7H2,1H3,(H2,13,14). The minimum atomic E-state index is 0.0246. The normalized spacial score (nSPS) is 10.6. The fourth-order valence-electron chi connectivity index (χ4n) is 1.71. The second-order valence-corrected chi connectivity index (χ2v) is 4.61. The first-order chi connectivity index (χ1) is 7.76. The molecule has 1 aromatic carbocycles. The van der Waals surface area contributed by atoms with Crippen molar-refractivity contribution in [2.45, 2.75) is 20.0 Å². The Kier molecular flexibility index (Phi) is 3.22. The average molecular weight is 234 g/mol. The molecule has 0 unspecified atom stereocenters. The zero-order valence-electron chi connectivity index (χ0n) is 9.10. The number of hydrogen-bond acceptors (Lipinski definition) is 4. The molecule has 84 valence electrons. The van der Waals surface area contributed by atoms with Crippen LogP contribution in [0.25, 0.3) is 11.3 Å². The maximum atomic E-state index is 9.29. The van der Waals surface area contributed by atoms with Gasteiger partial charge in [-0.25, -0.2) is 4.98 Å². The van der Waals surface area contributed by atoms with Gasteiger partial charge < -0.3 is 10.8 Å². The summed E-state index contributed by atoms with van der Waals surface area (Å²) in [5, 5.41) is 9.88. The molecule has 0 atom stereocenters. The number of hydrogen-bond donors (Lipinski definition) is 2. The number of nitrogens with two attached hydrogens (primary N) is 1. The van der Waals surface area contributed by atoms with Crippen molar-refractivity contribution in [3.05, 3.63) is 34.7 Å². The van der Waals surface area contributed by atoms with Crippen LogP contribution in [0.5, 0.6) is 0 Å². The van der Waals surface area contributed by atoms with Gasteiger partial charge in [0.2, 0.25) is 0 Å². The van der Waals surface area contributed by atoms with Crippen LogP contribution in [-0.4, -0.2) is 10.1 Å². The van der Waals surface area contributed by atoms with E-state index in [0.29, 0.717) is 5.13 Å². The van der Waals surface area contributed by atoms with Crippen molar-refractivity contribution in [3.63, 3.8) is 0 Å². The molecule has 16 heavy (non-hydrogen) atoms. The van der Waals surface area contributed by atoms with Crippen molar-refractivity contribution in [1.82, 2.24) is 4.98 Å². The van der Waals surface area contributed by atoms with Crippen LogP contribution < -0.4 is 5.73 Å². The number of rotatable bonds is 3. The van der Waals surface area contributed by atoms with Crippen LogP contribution in [-0.2, 0) is 13.0 Å². The molecule has 0 spiro atoms. The van der Waals surface area contributed by atoms with E-state index in [0.717, 1.165) is 23.2 Å². The van der Waals surface area contributed by atoms with Crippen LogP contribution in [0.1, 0.15) is 17.4 Å². The van der Waals surface area contributed by atoms with Crippen LogP contribution in [0.2, 0.25) is 0 Å². The molecule has 0 fully saturated rings. The summed E-state index contributed by atoms with van der Waals surface area (Å²) in [7, 11) is 0. The number of nitrogens with zero attached hydrogens (tertiary/aromatic N) is 1. The Morgan fingerprint density at radius 3 is 2.81 bits per heavy atom. The molecule has 4 heteroatoms. The molecule has 0 bridgehead atoms. The fraction of sp³-hybridized carbons (Fsp3) is 0.250. The third kappa shape index (κ3) is 1.94. The van der Waals surface area contributed by atoms with E-state index in [2.05, 4.69) is 11.9 Å². The lowest BCUT2D eigenvalue weighted by molar-refractivity contribution is 0.282. The Morgan fingerprint density at radius 2 is 2.12 bits per heavy atom. The van der Waals surface area contributed by atoms with Crippen molar-refractivity contribution < 1.29 is 5.11 Å². The first-order valence-electron chi connectivity index (χ1n) is 5.20. The molecule has 3 N–H and O–H groups in total. The number of anilines is 1. The molecule has 1 aromatic heterocycles. The topological polar surface area (TPSA) is 59.1 Å². The highest BCUT2D eigenvalue weighted by Crippen LogP contribution is 2.32. The number of aromatic nitrogens is 1. The number of aliphatic hydroxyl groups is 1. The second-order valence-electron chi connectivity index (χ2n) is 3.49. The van der Waals surface area contributed by atoms with E-state index in [1.165, 1.54) is 16.2 Å². The highest BCUT2D eigenvalue weighted by molar-refractivity contribution is 7.15. The van der Waals surface area contributed by atoms with E-state index in [1.807, 2.05) is 24.3 Å². The first-order valence-corrected chi connectivity index (χ1v) is 6.02. The van der Waals surface area contributed by atoms with Gasteiger partial charge in [0.25, 0.3) is 0 Å². The molecule has 0 aliphatic rings. The van der Waals surface area contributed by atoms with Crippen LogP contribution in [0.3, 0.4) is 0 Å². The lowest BCUT2D eigenvalue weighted by Crippen LogP contribution is -1.92. The van der Waals surface area contributed by atoms with E-state index in [1.54, 1.807) is 0 Å². The summed E-state index contributed by atoms with van der Waals surface area (Å²) in [5.41, 5.74) is 8.51. The number of aryl methyl sites for hydroxylation is 1. The van der Waals surface area contributed by atoms with Crippen molar-refractivity contribution in [1.29, 1.82) is 0 Å². The van der Waals surface area contributed by atoms with Gasteiger partial charge >= 0.3 is 0 Å². The van der Waals surface area contributed by atoms with Crippen LogP contribution in [0.4, 0.5) is 5.13 Å². The quantitative estimate of drug-likeness (QED) is 0.857. The van der Waals surface area contributed by atoms with Gasteiger partial charge in [0, 0.05) is 10.4 Å². The molecular formula is C12H14N2OS. The van der Waals surface area contributed by atoms with Gasteiger partial charge in [-0.3, -0.25) is 0 Å². The molecular weight excluding hydrogens is 220 g/mol. The van der Waals surface area contributed by atoms with Gasteiger partial charge in [-0.05, 0) is 12.0 Å². The maximum Gasteiger partial charge on any atom is 0.180 e. The summed E-state index contributed by atoms with van der Waals surface area (Å²) in [4.78, 5) is 5.51. The molecule has 0 saturated heterocycles. The van der Waals surface area contributed by atoms with E-state index < -0.39 is 0 Å². The Morgan fingerprint density at radius 1 is 1.38 bits per heavy atom. The van der Waals surface area contributed by atoms with E-state index in [-0.39, 0.29) is 6.61 Å². The molecule has 2 aromatic rings. The van der Waals surface area contributed by atoms with Gasteiger partial charge in [-0.15, -0.1) is 11.3 Å². The summed E-state index contributed by atoms with van der Waals surface area (Å²) in [6.45, 7) is 2.11. The minimum Gasteiger partial charge on any atom is -0.392 e. The van der Waals surface area contributed by atoms with Crippen LogP contribution in [0.15, 0.2) is 24.3 Å². The van der Waals surface area contributed by atoms with E-state index in [4.69, 9.17) is 5.73 Å². The SMILES string of the molecule is CCc1sc(N)nc1-c1ccccc1CO. The third-order valence-corrected chi connectivity index (χ3v) is 3.51. The molecule has 0 aliphatic carbocycles. The lowest BCUT2D eigenvalue weighted by atomic mass is 10.0. The van der Waals surface area contributed by atoms with Gasteiger partial charge in [0.15, 0.2) is 5.13 Å². The summed E-state index contributed by atoms with van der Waals surface area (Å²) in [6, 6.07) is 7.74. The number of benzene rings is 1. The zero-order valence-corrected chi connectivity index (χ0v) is 9.92. The number of thiazole rings is 1. The highest BCUT2D eigenvalue weighted by Gasteiger charge is 2.12. The Balaban J connectivity index is 2.57. The fourth-order valence-corrected chi connectivity index (χ4v) is 2.50. The molecule has 0 amide bonds. The molecule has 0 aliphatic heterocycles. The predicted molar refractivity (Wildman–Crippen MR) is 67.3 cm³/mol. The van der Waals surface area contributed by atoms with Crippen molar-refractivity contribution in [3.8, 4) is 11.3 Å². The predicted octanol–water partition coefficient (Wildman–Crippen LogP) is 2.45. The average Bonchev–Trinajstić information content (AvgIpc) is 2.70. The third-order valence-electron chi connectivity index (χ3n) is 2.48. The Bertz CT molecular complexity index is 494. The number of aliphatic hydroxyl groups excluding tert-OH is 1.